The summed E-state index contributed by atoms with van der Waals surface area (Å²) < 4.78 is 0. The smallest absolute Gasteiger partial charge is 0.0596 e. The first-order valence-electron chi connectivity index (χ1n) is 5.15. The van der Waals surface area contributed by atoms with Crippen LogP contribution in [0, 0.1) is 6.92 Å². The van der Waals surface area contributed by atoms with Gasteiger partial charge in [-0.2, -0.15) is 0 Å². The molecule has 0 aromatic heterocycles. The summed E-state index contributed by atoms with van der Waals surface area (Å²) in [6.07, 6.45) is 1.06. The Morgan fingerprint density at radius 3 is 2.53 bits per heavy atom. The van der Waals surface area contributed by atoms with Crippen LogP contribution in [0.1, 0.15) is 37.5 Å². The molecule has 15 heavy (non-hydrogen) atoms. The second kappa shape index (κ2) is 3.97. The molecule has 0 saturated heterocycles. The second-order valence-electron chi connectivity index (χ2n) is 4.79. The molecule has 1 aliphatic rings. The number of halogens is 1. The lowest BCUT2D eigenvalue weighted by Gasteiger charge is -2.29. The molecule has 1 aromatic rings. The maximum absolute atomic E-state index is 4.71. The van der Waals surface area contributed by atoms with Gasteiger partial charge in [-0.1, -0.05) is 18.2 Å². The fourth-order valence-corrected chi connectivity index (χ4v) is 2.26. The van der Waals surface area contributed by atoms with Crippen LogP contribution in [0.3, 0.4) is 0 Å². The van der Waals surface area contributed by atoms with Crippen molar-refractivity contribution in [2.45, 2.75) is 39.7 Å². The van der Waals surface area contributed by atoms with Crippen molar-refractivity contribution in [3.8, 4) is 0 Å². The molecule has 0 amide bonds. The number of hydrogen-bond acceptors (Lipinski definition) is 1. The molecule has 0 aliphatic carbocycles. The third kappa shape index (κ3) is 2.23. The van der Waals surface area contributed by atoms with Gasteiger partial charge in [0.05, 0.1) is 5.54 Å². The molecule has 1 aliphatic heterocycles. The Morgan fingerprint density at radius 1 is 1.20 bits per heavy atom. The van der Waals surface area contributed by atoms with E-state index in [-0.39, 0.29) is 17.9 Å². The first kappa shape index (κ1) is 12.3. The zero-order chi connectivity index (χ0) is 10.3. The van der Waals surface area contributed by atoms with Crippen LogP contribution in [-0.2, 0) is 6.42 Å². The van der Waals surface area contributed by atoms with Crippen molar-refractivity contribution in [2.24, 2.45) is 4.99 Å². The average Bonchev–Trinajstić information content (AvgIpc) is 2.05. The number of benzene rings is 1. The third-order valence-corrected chi connectivity index (χ3v) is 2.88. The van der Waals surface area contributed by atoms with Gasteiger partial charge in [-0.25, -0.2) is 0 Å². The minimum atomic E-state index is 0. The van der Waals surface area contributed by atoms with Gasteiger partial charge in [-0.05, 0) is 50.8 Å². The topological polar surface area (TPSA) is 12.4 Å². The zero-order valence-electron chi connectivity index (χ0n) is 9.79. The van der Waals surface area contributed by atoms with Crippen LogP contribution in [-0.4, -0.2) is 11.3 Å². The predicted octanol–water partition coefficient (Wildman–Crippen LogP) is 3.56. The summed E-state index contributed by atoms with van der Waals surface area (Å²) in [5.41, 5.74) is 5.46. The van der Waals surface area contributed by atoms with Crippen LogP contribution in [0.15, 0.2) is 23.2 Å². The van der Waals surface area contributed by atoms with Crippen molar-refractivity contribution in [1.29, 1.82) is 0 Å². The van der Waals surface area contributed by atoms with Gasteiger partial charge in [0.15, 0.2) is 0 Å². The third-order valence-electron chi connectivity index (χ3n) is 2.88. The molecule has 0 N–H and O–H groups in total. The van der Waals surface area contributed by atoms with Gasteiger partial charge in [0.25, 0.3) is 0 Å². The molecule has 0 unspecified atom stereocenters. The fraction of sp³-hybridized carbons (Fsp3) is 0.462. The number of aliphatic imine (C=N–C) groups is 1. The van der Waals surface area contributed by atoms with Crippen LogP contribution in [0.25, 0.3) is 0 Å². The van der Waals surface area contributed by atoms with Crippen molar-refractivity contribution < 1.29 is 0 Å². The Kier molecular flexibility index (Phi) is 3.25. The number of aryl methyl sites for hydroxylation is 1. The molecule has 0 atom stereocenters. The first-order chi connectivity index (χ1) is 6.49. The normalized spacial score (nSPS) is 17.5. The standard InChI is InChI=1S/C13H17N.ClH/c1-9-6-5-7-11-10(2)14-13(3,4)8-12(9)11;/h5-7H,8H2,1-4H3;1H. The quantitative estimate of drug-likeness (QED) is 0.638. The highest BCUT2D eigenvalue weighted by Crippen LogP contribution is 2.28. The minimum Gasteiger partial charge on any atom is -0.283 e. The summed E-state index contributed by atoms with van der Waals surface area (Å²) in [6.45, 7) is 8.70. The Balaban J connectivity index is 0.00000112. The Morgan fingerprint density at radius 2 is 1.87 bits per heavy atom. The molecule has 1 heterocycles. The highest BCUT2D eigenvalue weighted by molar-refractivity contribution is 6.01. The highest BCUT2D eigenvalue weighted by atomic mass is 35.5. The van der Waals surface area contributed by atoms with Gasteiger partial charge >= 0.3 is 0 Å². The van der Waals surface area contributed by atoms with E-state index in [1.807, 2.05) is 0 Å². The fourth-order valence-electron chi connectivity index (χ4n) is 2.26. The second-order valence-corrected chi connectivity index (χ2v) is 4.79. The molecule has 2 rings (SSSR count). The SMILES string of the molecule is CC1=NC(C)(C)Cc2c(C)cccc21.Cl. The Bertz CT molecular complexity index is 405. The molecular formula is C13H18ClN. The number of nitrogens with zero attached hydrogens (tertiary/aromatic N) is 1. The molecule has 82 valence electrons. The van der Waals surface area contributed by atoms with Crippen LogP contribution in [0.5, 0.6) is 0 Å². The lowest BCUT2D eigenvalue weighted by atomic mass is 9.85. The molecule has 0 fully saturated rings. The van der Waals surface area contributed by atoms with Gasteiger partial charge in [-0.3, -0.25) is 4.99 Å². The van der Waals surface area contributed by atoms with Crippen molar-refractivity contribution >= 4 is 18.1 Å². The summed E-state index contributed by atoms with van der Waals surface area (Å²) >= 11 is 0. The molecule has 2 heteroatoms. The molecule has 1 nitrogen and oxygen atoms in total. The molecule has 0 saturated carbocycles. The van der Waals surface area contributed by atoms with E-state index in [0.717, 1.165) is 6.42 Å². The summed E-state index contributed by atoms with van der Waals surface area (Å²) in [5.74, 6) is 0. The van der Waals surface area contributed by atoms with E-state index in [4.69, 9.17) is 4.99 Å². The summed E-state index contributed by atoms with van der Waals surface area (Å²) in [7, 11) is 0. The van der Waals surface area contributed by atoms with E-state index in [0.29, 0.717) is 0 Å². The van der Waals surface area contributed by atoms with Crippen molar-refractivity contribution in [3.63, 3.8) is 0 Å². The lowest BCUT2D eigenvalue weighted by molar-refractivity contribution is 0.511. The lowest BCUT2D eigenvalue weighted by Crippen LogP contribution is -2.28. The van der Waals surface area contributed by atoms with Gasteiger partial charge < -0.3 is 0 Å². The monoisotopic (exact) mass is 223 g/mol. The number of hydrogen-bond donors (Lipinski definition) is 0. The van der Waals surface area contributed by atoms with E-state index in [1.165, 1.54) is 22.4 Å². The van der Waals surface area contributed by atoms with Crippen LogP contribution >= 0.6 is 12.4 Å². The zero-order valence-corrected chi connectivity index (χ0v) is 10.6. The van der Waals surface area contributed by atoms with E-state index in [9.17, 15) is 0 Å². The van der Waals surface area contributed by atoms with Crippen molar-refractivity contribution in [2.75, 3.05) is 0 Å². The largest absolute Gasteiger partial charge is 0.283 e. The van der Waals surface area contributed by atoms with Gasteiger partial charge in [0.1, 0.15) is 0 Å². The molecule has 0 bridgehead atoms. The molecular weight excluding hydrogens is 206 g/mol. The number of rotatable bonds is 0. The maximum atomic E-state index is 4.71. The minimum absolute atomic E-state index is 0. The molecule has 0 radical (unpaired) electrons. The van der Waals surface area contributed by atoms with Gasteiger partial charge in [-0.15, -0.1) is 12.4 Å². The maximum Gasteiger partial charge on any atom is 0.0596 e. The highest BCUT2D eigenvalue weighted by Gasteiger charge is 2.25. The summed E-state index contributed by atoms with van der Waals surface area (Å²) in [6, 6.07) is 6.48. The van der Waals surface area contributed by atoms with Gasteiger partial charge in [0.2, 0.25) is 0 Å². The molecule has 1 aromatic carbocycles. The first-order valence-corrected chi connectivity index (χ1v) is 5.15. The molecule has 0 spiro atoms. The summed E-state index contributed by atoms with van der Waals surface area (Å²) in [5, 5.41) is 0. The Labute approximate surface area is 98.0 Å². The van der Waals surface area contributed by atoms with Crippen LogP contribution < -0.4 is 0 Å². The van der Waals surface area contributed by atoms with E-state index < -0.39 is 0 Å². The summed E-state index contributed by atoms with van der Waals surface area (Å²) in [4.78, 5) is 4.71. The average molecular weight is 224 g/mol. The van der Waals surface area contributed by atoms with Crippen LogP contribution in [0.2, 0.25) is 0 Å². The van der Waals surface area contributed by atoms with E-state index in [1.54, 1.807) is 0 Å². The predicted molar refractivity (Wildman–Crippen MR) is 68.4 cm³/mol. The van der Waals surface area contributed by atoms with Crippen LogP contribution in [0.4, 0.5) is 0 Å². The van der Waals surface area contributed by atoms with Gasteiger partial charge in [0, 0.05) is 5.71 Å². The Hall–Kier alpha value is -0.820. The van der Waals surface area contributed by atoms with Crippen molar-refractivity contribution in [3.05, 3.63) is 34.9 Å². The van der Waals surface area contributed by atoms with E-state index in [2.05, 4.69) is 45.9 Å². The van der Waals surface area contributed by atoms with Crippen molar-refractivity contribution in [1.82, 2.24) is 0 Å². The number of fused-ring (bicyclic) bond motifs is 1. The van der Waals surface area contributed by atoms with E-state index >= 15 is 0 Å².